The van der Waals surface area contributed by atoms with E-state index in [9.17, 15) is 0 Å². The smallest absolute Gasteiger partial charge is 0.272 e. The number of hydrazone groups is 1. The molecule has 0 aliphatic heterocycles. The van der Waals surface area contributed by atoms with Crippen molar-refractivity contribution in [3.63, 3.8) is 0 Å². The molecule has 8 heteroatoms. The average Bonchev–Trinajstić information content (AvgIpc) is 2.07. The molecule has 0 bridgehead atoms. The van der Waals surface area contributed by atoms with Crippen LogP contribution in [0.2, 0.25) is 62.8 Å². The third-order valence-corrected chi connectivity index (χ3v) is 36.1. The van der Waals surface area contributed by atoms with E-state index in [-0.39, 0.29) is 0 Å². The van der Waals surface area contributed by atoms with Crippen LogP contribution in [0.4, 0.5) is 8.22 Å². The van der Waals surface area contributed by atoms with Crippen molar-refractivity contribution in [1.82, 2.24) is 4.67 Å². The first kappa shape index (κ1) is 22.2. The van der Waals surface area contributed by atoms with Gasteiger partial charge >= 0.3 is 8.90 Å². The molecule has 0 aromatic rings. The van der Waals surface area contributed by atoms with E-state index in [2.05, 4.69) is 64.0 Å². The highest BCUT2D eigenvalue weighted by Crippen LogP contribution is 2.61. The molecular weight excluding hydrogens is 347 g/mol. The molecule has 0 amide bonds. The zero-order chi connectivity index (χ0) is 18.4. The van der Waals surface area contributed by atoms with Crippen molar-refractivity contribution >= 4 is 38.8 Å². The van der Waals surface area contributed by atoms with Crippen molar-refractivity contribution in [1.29, 1.82) is 0 Å². The van der Waals surface area contributed by atoms with E-state index in [1.165, 1.54) is 7.05 Å². The van der Waals surface area contributed by atoms with Gasteiger partial charge in [-0.15, -0.1) is 0 Å². The second-order valence-electron chi connectivity index (χ2n) is 9.61. The molecular formula is C14H36F2N2Si4. The summed E-state index contributed by atoms with van der Waals surface area (Å²) in [6, 6.07) is 0. The predicted octanol–water partition coefficient (Wildman–Crippen LogP) is 5.56. The van der Waals surface area contributed by atoms with E-state index < -0.39 is 37.0 Å². The van der Waals surface area contributed by atoms with Gasteiger partial charge in [0.1, 0.15) is 0 Å². The third kappa shape index (κ3) is 3.49. The number of hydrogen-bond donors (Lipinski definition) is 0. The second kappa shape index (κ2) is 6.25. The van der Waals surface area contributed by atoms with Gasteiger partial charge in [0.05, 0.1) is 24.2 Å². The first-order valence-corrected chi connectivity index (χ1v) is 20.2. The lowest BCUT2D eigenvalue weighted by Gasteiger charge is -2.61. The summed E-state index contributed by atoms with van der Waals surface area (Å²) in [5.74, 6) is 0. The standard InChI is InChI=1S/C14H36F2N2Si4/c1-13(2)17-18(3)22(15,16)14(19(4,5)6,20(7,8)9)21(10,11)12/h1-12H3. The minimum absolute atomic E-state index is 0.699. The van der Waals surface area contributed by atoms with Crippen molar-refractivity contribution in [2.75, 3.05) is 7.05 Å². The number of nitrogens with zero attached hydrogens (tertiary/aromatic N) is 2. The van der Waals surface area contributed by atoms with Crippen LogP contribution in [-0.2, 0) is 0 Å². The summed E-state index contributed by atoms with van der Waals surface area (Å²) in [6.45, 7) is 23.0. The Labute approximate surface area is 140 Å². The number of hydrogen-bond acceptors (Lipinski definition) is 2. The van der Waals surface area contributed by atoms with Gasteiger partial charge in [-0.1, -0.05) is 58.9 Å². The Bertz CT molecular complexity index is 392. The summed E-state index contributed by atoms with van der Waals surface area (Å²) in [5, 5.41) is 4.18. The quantitative estimate of drug-likeness (QED) is 0.254. The minimum Gasteiger partial charge on any atom is -0.272 e. The SMILES string of the molecule is CC(C)=NN(C)[Si](F)(F)C([Si](C)(C)C)([Si](C)(C)C)[Si](C)(C)C. The van der Waals surface area contributed by atoms with Gasteiger partial charge < -0.3 is 0 Å². The van der Waals surface area contributed by atoms with Gasteiger partial charge in [0.25, 0.3) is 0 Å². The second-order valence-corrected chi connectivity index (χ2v) is 30.8. The van der Waals surface area contributed by atoms with Crippen LogP contribution < -0.4 is 0 Å². The summed E-state index contributed by atoms with van der Waals surface area (Å²) < 4.78 is 32.5. The first-order chi connectivity index (χ1) is 9.34. The monoisotopic (exact) mass is 382 g/mol. The fourth-order valence-electron chi connectivity index (χ4n) is 5.33. The van der Waals surface area contributed by atoms with E-state index in [1.54, 1.807) is 13.8 Å². The van der Waals surface area contributed by atoms with Crippen LogP contribution in [0.1, 0.15) is 13.8 Å². The van der Waals surface area contributed by atoms with Crippen LogP contribution in [0.25, 0.3) is 0 Å². The highest BCUT2D eigenvalue weighted by molar-refractivity contribution is 7.27. The predicted molar refractivity (Wildman–Crippen MR) is 107 cm³/mol. The Morgan fingerprint density at radius 3 is 1.23 bits per heavy atom. The Kier molecular flexibility index (Phi) is 6.31. The lowest BCUT2D eigenvalue weighted by molar-refractivity contribution is 0.386. The Balaban J connectivity index is 6.75. The van der Waals surface area contributed by atoms with Crippen LogP contribution >= 0.6 is 0 Å². The fraction of sp³-hybridized carbons (Fsp3) is 0.929. The first-order valence-electron chi connectivity index (χ1n) is 7.97. The van der Waals surface area contributed by atoms with Gasteiger partial charge in [-0.25, -0.2) is 8.22 Å². The van der Waals surface area contributed by atoms with Crippen LogP contribution in [0, 0.1) is 0 Å². The largest absolute Gasteiger partial charge is 0.550 e. The minimum atomic E-state index is -4.72. The number of halogens is 2. The molecule has 0 N–H and O–H groups in total. The molecule has 0 aliphatic carbocycles. The Hall–Kier alpha value is 0.198. The van der Waals surface area contributed by atoms with Gasteiger partial charge in [0.15, 0.2) is 0 Å². The van der Waals surface area contributed by atoms with Gasteiger partial charge in [0, 0.05) is 16.7 Å². The van der Waals surface area contributed by atoms with Gasteiger partial charge in [-0.3, -0.25) is 4.67 Å². The topological polar surface area (TPSA) is 15.6 Å². The summed E-state index contributed by atoms with van der Waals surface area (Å²) in [5.41, 5.74) is 0.699. The number of rotatable bonds is 6. The van der Waals surface area contributed by atoms with Crippen molar-refractivity contribution in [3.8, 4) is 0 Å². The van der Waals surface area contributed by atoms with E-state index in [4.69, 9.17) is 0 Å². The summed E-state index contributed by atoms with van der Waals surface area (Å²) in [7, 11) is -9.61. The van der Waals surface area contributed by atoms with E-state index in [0.717, 1.165) is 4.67 Å². The van der Waals surface area contributed by atoms with Gasteiger partial charge in [0.2, 0.25) is 0 Å². The van der Waals surface area contributed by atoms with Crippen LogP contribution in [-0.4, -0.2) is 50.6 Å². The summed E-state index contributed by atoms with van der Waals surface area (Å²) >= 11 is 0. The molecule has 2 nitrogen and oxygen atoms in total. The zero-order valence-corrected chi connectivity index (χ0v) is 20.7. The Morgan fingerprint density at radius 1 is 0.773 bits per heavy atom. The molecule has 0 saturated carbocycles. The molecule has 0 saturated heterocycles. The van der Waals surface area contributed by atoms with Crippen LogP contribution in [0.15, 0.2) is 5.10 Å². The Morgan fingerprint density at radius 2 is 1.05 bits per heavy atom. The molecule has 0 fully saturated rings. The molecule has 0 heterocycles. The van der Waals surface area contributed by atoms with Crippen molar-refractivity contribution < 1.29 is 8.22 Å². The lowest BCUT2D eigenvalue weighted by atomic mass is 10.5. The average molecular weight is 383 g/mol. The van der Waals surface area contributed by atoms with E-state index >= 15 is 8.22 Å². The molecule has 0 aliphatic rings. The molecule has 0 aromatic heterocycles. The molecule has 0 radical (unpaired) electrons. The molecule has 0 rings (SSSR count). The molecule has 0 aromatic carbocycles. The van der Waals surface area contributed by atoms with Crippen LogP contribution in [0.5, 0.6) is 0 Å². The zero-order valence-electron chi connectivity index (χ0n) is 16.7. The van der Waals surface area contributed by atoms with E-state index in [1.807, 2.05) is 0 Å². The van der Waals surface area contributed by atoms with Gasteiger partial charge in [-0.05, 0) is 13.8 Å². The maximum atomic E-state index is 16.0. The molecule has 22 heavy (non-hydrogen) atoms. The molecule has 132 valence electrons. The third-order valence-electron chi connectivity index (χ3n) is 4.58. The highest BCUT2D eigenvalue weighted by Gasteiger charge is 2.77. The highest BCUT2D eigenvalue weighted by atomic mass is 28.5. The van der Waals surface area contributed by atoms with Crippen molar-refractivity contribution in [3.05, 3.63) is 0 Å². The summed E-state index contributed by atoms with van der Waals surface area (Å²) in [4.78, 5) is 0. The van der Waals surface area contributed by atoms with Crippen LogP contribution in [0.3, 0.4) is 0 Å². The van der Waals surface area contributed by atoms with Crippen molar-refractivity contribution in [2.24, 2.45) is 5.10 Å². The van der Waals surface area contributed by atoms with E-state index in [0.29, 0.717) is 5.71 Å². The fourth-order valence-corrected chi connectivity index (χ4v) is 45.4. The maximum Gasteiger partial charge on any atom is 0.550 e. The lowest BCUT2D eigenvalue weighted by Crippen LogP contribution is -2.78. The summed E-state index contributed by atoms with van der Waals surface area (Å²) in [6.07, 6.45) is 0. The maximum absolute atomic E-state index is 16.0. The molecule has 0 spiro atoms. The van der Waals surface area contributed by atoms with Gasteiger partial charge in [-0.2, -0.15) is 5.10 Å². The normalized spacial score (nSPS) is 14.8. The molecule has 0 atom stereocenters. The van der Waals surface area contributed by atoms with Crippen molar-refractivity contribution in [2.45, 2.75) is 76.7 Å². The molecule has 0 unspecified atom stereocenters.